The van der Waals surface area contributed by atoms with Crippen LogP contribution in [-0.4, -0.2) is 34.9 Å². The number of fused-ring (bicyclic) bond motifs is 1. The topological polar surface area (TPSA) is 49.0 Å². The smallest absolute Gasteiger partial charge is 0.253 e. The van der Waals surface area contributed by atoms with Crippen molar-refractivity contribution in [2.45, 2.75) is 0 Å². The number of amides is 1. The molecular formula is C16H15N3O. The minimum absolute atomic E-state index is 0.00234. The third kappa shape index (κ3) is 2.16. The summed E-state index contributed by atoms with van der Waals surface area (Å²) in [5.74, 6) is 0.00234. The Bertz CT molecular complexity index is 774. The molecule has 3 rings (SSSR count). The van der Waals surface area contributed by atoms with Crippen LogP contribution in [0.4, 0.5) is 0 Å². The maximum Gasteiger partial charge on any atom is 0.253 e. The minimum atomic E-state index is 0.00234. The zero-order valence-electron chi connectivity index (χ0n) is 11.4. The standard InChI is InChI=1S/C16H15N3O/c1-19(2)16(20)13-5-3-4-11(8-13)14-9-12-6-7-17-15(12)18-10-14/h3-10H,1-2H3,(H,17,18). The van der Waals surface area contributed by atoms with Gasteiger partial charge in [-0.25, -0.2) is 4.98 Å². The van der Waals surface area contributed by atoms with Crippen LogP contribution in [0, 0.1) is 0 Å². The van der Waals surface area contributed by atoms with E-state index in [1.54, 1.807) is 19.0 Å². The fourth-order valence-corrected chi connectivity index (χ4v) is 2.19. The molecule has 0 atom stereocenters. The fraction of sp³-hybridized carbons (Fsp3) is 0.125. The third-order valence-corrected chi connectivity index (χ3v) is 3.25. The molecule has 0 unspecified atom stereocenters. The van der Waals surface area contributed by atoms with Crippen LogP contribution >= 0.6 is 0 Å². The summed E-state index contributed by atoms with van der Waals surface area (Å²) < 4.78 is 0. The van der Waals surface area contributed by atoms with Crippen molar-refractivity contribution in [3.8, 4) is 11.1 Å². The Kier molecular flexibility index (Phi) is 2.99. The van der Waals surface area contributed by atoms with Gasteiger partial charge >= 0.3 is 0 Å². The summed E-state index contributed by atoms with van der Waals surface area (Å²) in [5, 5.41) is 1.06. The number of carbonyl (C=O) groups is 1. The first-order valence-electron chi connectivity index (χ1n) is 6.40. The van der Waals surface area contributed by atoms with Gasteiger partial charge in [0.1, 0.15) is 5.65 Å². The molecule has 2 heterocycles. The lowest BCUT2D eigenvalue weighted by Gasteiger charge is -2.11. The summed E-state index contributed by atoms with van der Waals surface area (Å²) >= 11 is 0. The number of pyridine rings is 1. The Balaban J connectivity index is 2.05. The van der Waals surface area contributed by atoms with E-state index in [2.05, 4.69) is 16.0 Å². The zero-order chi connectivity index (χ0) is 14.1. The molecule has 1 amide bonds. The highest BCUT2D eigenvalue weighted by atomic mass is 16.2. The molecule has 1 aromatic carbocycles. The van der Waals surface area contributed by atoms with Gasteiger partial charge in [-0.05, 0) is 29.8 Å². The Morgan fingerprint density at radius 2 is 2.00 bits per heavy atom. The van der Waals surface area contributed by atoms with E-state index in [4.69, 9.17) is 0 Å². The van der Waals surface area contributed by atoms with Gasteiger partial charge in [-0.15, -0.1) is 0 Å². The van der Waals surface area contributed by atoms with Crippen molar-refractivity contribution in [2.75, 3.05) is 14.1 Å². The number of aromatic amines is 1. The molecule has 20 heavy (non-hydrogen) atoms. The van der Waals surface area contributed by atoms with Crippen molar-refractivity contribution in [1.29, 1.82) is 0 Å². The molecule has 0 saturated heterocycles. The molecule has 0 aliphatic carbocycles. The average molecular weight is 265 g/mol. The number of hydrogen-bond donors (Lipinski definition) is 1. The number of rotatable bonds is 2. The summed E-state index contributed by atoms with van der Waals surface area (Å²) in [6.07, 6.45) is 3.69. The quantitative estimate of drug-likeness (QED) is 0.774. The van der Waals surface area contributed by atoms with Crippen molar-refractivity contribution in [2.24, 2.45) is 0 Å². The van der Waals surface area contributed by atoms with Crippen LogP contribution in [0.2, 0.25) is 0 Å². The first-order valence-corrected chi connectivity index (χ1v) is 6.40. The lowest BCUT2D eigenvalue weighted by Crippen LogP contribution is -2.21. The maximum atomic E-state index is 12.0. The van der Waals surface area contributed by atoms with E-state index in [0.717, 1.165) is 22.2 Å². The van der Waals surface area contributed by atoms with Crippen molar-refractivity contribution >= 4 is 16.9 Å². The Hall–Kier alpha value is -2.62. The highest BCUT2D eigenvalue weighted by Crippen LogP contribution is 2.23. The van der Waals surface area contributed by atoms with Crippen molar-refractivity contribution in [3.05, 3.63) is 54.4 Å². The van der Waals surface area contributed by atoms with Crippen LogP contribution < -0.4 is 0 Å². The number of H-pyrrole nitrogens is 1. The van der Waals surface area contributed by atoms with Gasteiger partial charge in [0.2, 0.25) is 0 Å². The number of carbonyl (C=O) groups excluding carboxylic acids is 1. The van der Waals surface area contributed by atoms with Gasteiger partial charge < -0.3 is 9.88 Å². The maximum absolute atomic E-state index is 12.0. The molecule has 0 spiro atoms. The van der Waals surface area contributed by atoms with E-state index in [0.29, 0.717) is 5.56 Å². The number of hydrogen-bond acceptors (Lipinski definition) is 2. The van der Waals surface area contributed by atoms with Gasteiger partial charge in [0.15, 0.2) is 0 Å². The van der Waals surface area contributed by atoms with Gasteiger partial charge in [-0.2, -0.15) is 0 Å². The summed E-state index contributed by atoms with van der Waals surface area (Å²) in [4.78, 5) is 21.0. The summed E-state index contributed by atoms with van der Waals surface area (Å²) in [6, 6.07) is 11.7. The van der Waals surface area contributed by atoms with Crippen LogP contribution in [0.3, 0.4) is 0 Å². The van der Waals surface area contributed by atoms with E-state index in [1.165, 1.54) is 0 Å². The molecule has 0 fully saturated rings. The highest BCUT2D eigenvalue weighted by molar-refractivity contribution is 5.95. The van der Waals surface area contributed by atoms with E-state index in [9.17, 15) is 4.79 Å². The lowest BCUT2D eigenvalue weighted by atomic mass is 10.0. The van der Waals surface area contributed by atoms with Gasteiger partial charge in [0.25, 0.3) is 5.91 Å². The predicted octanol–water partition coefficient (Wildman–Crippen LogP) is 2.93. The predicted molar refractivity (Wildman–Crippen MR) is 79.5 cm³/mol. The Morgan fingerprint density at radius 1 is 1.15 bits per heavy atom. The Morgan fingerprint density at radius 3 is 2.80 bits per heavy atom. The summed E-state index contributed by atoms with van der Waals surface area (Å²) in [6.45, 7) is 0. The summed E-state index contributed by atoms with van der Waals surface area (Å²) in [7, 11) is 3.50. The monoisotopic (exact) mass is 265 g/mol. The van der Waals surface area contributed by atoms with Crippen LogP contribution in [0.25, 0.3) is 22.2 Å². The van der Waals surface area contributed by atoms with Crippen molar-refractivity contribution < 1.29 is 4.79 Å². The molecule has 0 aliphatic rings. The molecule has 0 radical (unpaired) electrons. The number of nitrogens with zero attached hydrogens (tertiary/aromatic N) is 2. The van der Waals surface area contributed by atoms with Gasteiger partial charge in [-0.3, -0.25) is 4.79 Å². The number of benzene rings is 1. The molecule has 2 aromatic heterocycles. The van der Waals surface area contributed by atoms with Crippen LogP contribution in [0.15, 0.2) is 48.8 Å². The third-order valence-electron chi connectivity index (χ3n) is 3.25. The average Bonchev–Trinajstić information content (AvgIpc) is 2.93. The van der Waals surface area contributed by atoms with E-state index in [-0.39, 0.29) is 5.91 Å². The first kappa shape index (κ1) is 12.4. The molecule has 1 N–H and O–H groups in total. The van der Waals surface area contributed by atoms with Gasteiger partial charge in [0, 0.05) is 43.0 Å². The minimum Gasteiger partial charge on any atom is -0.346 e. The lowest BCUT2D eigenvalue weighted by molar-refractivity contribution is 0.0827. The van der Waals surface area contributed by atoms with E-state index in [1.807, 2.05) is 42.7 Å². The SMILES string of the molecule is CN(C)C(=O)c1cccc(-c2cnc3[nH]ccc3c2)c1. The molecule has 4 nitrogen and oxygen atoms in total. The van der Waals surface area contributed by atoms with Gasteiger partial charge in [-0.1, -0.05) is 12.1 Å². The van der Waals surface area contributed by atoms with Crippen LogP contribution in [0.1, 0.15) is 10.4 Å². The zero-order valence-corrected chi connectivity index (χ0v) is 11.4. The largest absolute Gasteiger partial charge is 0.346 e. The molecular weight excluding hydrogens is 250 g/mol. The highest BCUT2D eigenvalue weighted by Gasteiger charge is 2.09. The second-order valence-corrected chi connectivity index (χ2v) is 4.92. The summed E-state index contributed by atoms with van der Waals surface area (Å²) in [5.41, 5.74) is 3.55. The number of aromatic nitrogens is 2. The molecule has 100 valence electrons. The molecule has 0 aliphatic heterocycles. The Labute approximate surface area is 117 Å². The van der Waals surface area contributed by atoms with Gasteiger partial charge in [0.05, 0.1) is 0 Å². The van der Waals surface area contributed by atoms with E-state index >= 15 is 0 Å². The normalized spacial score (nSPS) is 10.7. The number of nitrogens with one attached hydrogen (secondary N) is 1. The van der Waals surface area contributed by atoms with Crippen molar-refractivity contribution in [3.63, 3.8) is 0 Å². The van der Waals surface area contributed by atoms with E-state index < -0.39 is 0 Å². The molecule has 3 aromatic rings. The van der Waals surface area contributed by atoms with Crippen LogP contribution in [0.5, 0.6) is 0 Å². The second-order valence-electron chi connectivity index (χ2n) is 4.92. The van der Waals surface area contributed by atoms with Crippen LogP contribution in [-0.2, 0) is 0 Å². The molecule has 0 saturated carbocycles. The molecule has 4 heteroatoms. The van der Waals surface area contributed by atoms with Crippen molar-refractivity contribution in [1.82, 2.24) is 14.9 Å². The first-order chi connectivity index (χ1) is 9.65. The fourth-order valence-electron chi connectivity index (χ4n) is 2.19. The molecule has 0 bridgehead atoms. The second kappa shape index (κ2) is 4.81.